The number of aromatic carboxylic acids is 1. The third-order valence-corrected chi connectivity index (χ3v) is 4.16. The van der Waals surface area contributed by atoms with Crippen molar-refractivity contribution in [2.45, 2.75) is 33.2 Å². The van der Waals surface area contributed by atoms with Crippen LogP contribution >= 0.6 is 11.3 Å². The lowest BCUT2D eigenvalue weighted by Crippen LogP contribution is -2.30. The molecule has 0 aliphatic rings. The fourth-order valence-corrected chi connectivity index (χ4v) is 2.56. The van der Waals surface area contributed by atoms with E-state index in [1.54, 1.807) is 20.0 Å². The van der Waals surface area contributed by atoms with Gasteiger partial charge in [0, 0.05) is 11.6 Å². The van der Waals surface area contributed by atoms with Gasteiger partial charge in [-0.3, -0.25) is 0 Å². The van der Waals surface area contributed by atoms with E-state index in [-0.39, 0.29) is 11.4 Å². The number of rotatable bonds is 4. The quantitative estimate of drug-likeness (QED) is 0.900. The van der Waals surface area contributed by atoms with Crippen molar-refractivity contribution in [2.75, 3.05) is 5.32 Å². The first-order chi connectivity index (χ1) is 9.33. The molecule has 0 aliphatic carbocycles. The van der Waals surface area contributed by atoms with Crippen molar-refractivity contribution in [1.29, 1.82) is 0 Å². The molecule has 2 N–H and O–H groups in total. The van der Waals surface area contributed by atoms with E-state index in [4.69, 9.17) is 0 Å². The summed E-state index contributed by atoms with van der Waals surface area (Å²) in [7, 11) is 0. The van der Waals surface area contributed by atoms with Gasteiger partial charge in [-0.25, -0.2) is 9.78 Å². The third-order valence-electron chi connectivity index (χ3n) is 3.07. The maximum atomic E-state index is 11.4. The molecule has 7 heteroatoms. The summed E-state index contributed by atoms with van der Waals surface area (Å²) in [4.78, 5) is 15.7. The fourth-order valence-electron chi connectivity index (χ4n) is 1.84. The molecular weight excluding hydrogens is 276 g/mol. The van der Waals surface area contributed by atoms with Crippen molar-refractivity contribution in [2.24, 2.45) is 0 Å². The van der Waals surface area contributed by atoms with Crippen LogP contribution in [0.2, 0.25) is 0 Å². The van der Waals surface area contributed by atoms with Crippen LogP contribution in [0.5, 0.6) is 0 Å². The highest BCUT2D eigenvalue weighted by Crippen LogP contribution is 2.28. The molecular formula is C13H16N4O2S. The number of carboxylic acids is 1. The Hall–Kier alpha value is -2.02. The molecule has 2 heterocycles. The van der Waals surface area contributed by atoms with Gasteiger partial charge in [0.2, 0.25) is 0 Å². The summed E-state index contributed by atoms with van der Waals surface area (Å²) in [5.74, 6) is -0.751. The Labute approximate surface area is 120 Å². The Bertz CT molecular complexity index is 638. The standard InChI is InChI=1S/C13H16N4O2S/c1-7-8(2)16-17-10(9(7)11(18)19)15-13(3,4)12-14-5-6-20-12/h5-6H,1-4H3,(H,15,17)(H,18,19). The Morgan fingerprint density at radius 1 is 1.35 bits per heavy atom. The van der Waals surface area contributed by atoms with Crippen molar-refractivity contribution in [3.05, 3.63) is 33.4 Å². The molecule has 0 unspecified atom stereocenters. The number of nitrogens with zero attached hydrogens (tertiary/aromatic N) is 3. The second-order valence-electron chi connectivity index (χ2n) is 5.03. The first kappa shape index (κ1) is 14.4. The summed E-state index contributed by atoms with van der Waals surface area (Å²) >= 11 is 1.50. The maximum Gasteiger partial charge on any atom is 0.339 e. The van der Waals surface area contributed by atoms with E-state index in [0.717, 1.165) is 5.01 Å². The fraction of sp³-hybridized carbons (Fsp3) is 0.385. The predicted molar refractivity (Wildman–Crippen MR) is 77.2 cm³/mol. The largest absolute Gasteiger partial charge is 0.478 e. The van der Waals surface area contributed by atoms with Crippen LogP contribution in [-0.4, -0.2) is 26.3 Å². The minimum absolute atomic E-state index is 0.155. The Balaban J connectivity index is 2.44. The zero-order chi connectivity index (χ0) is 14.9. The first-order valence-electron chi connectivity index (χ1n) is 6.08. The molecule has 0 bridgehead atoms. The number of carboxylic acid groups (broad SMARTS) is 1. The normalized spacial score (nSPS) is 11.4. The van der Waals surface area contributed by atoms with Gasteiger partial charge in [0.1, 0.15) is 10.6 Å². The summed E-state index contributed by atoms with van der Waals surface area (Å²) in [5.41, 5.74) is 0.862. The summed E-state index contributed by atoms with van der Waals surface area (Å²) in [6.07, 6.45) is 1.72. The van der Waals surface area contributed by atoms with Crippen molar-refractivity contribution < 1.29 is 9.90 Å². The molecule has 0 aromatic carbocycles. The molecule has 2 aromatic rings. The molecule has 0 spiro atoms. The highest BCUT2D eigenvalue weighted by molar-refractivity contribution is 7.09. The molecule has 0 saturated carbocycles. The zero-order valence-corrected chi connectivity index (χ0v) is 12.6. The monoisotopic (exact) mass is 292 g/mol. The number of carbonyl (C=O) groups is 1. The van der Waals surface area contributed by atoms with E-state index >= 15 is 0 Å². The molecule has 2 rings (SSSR count). The van der Waals surface area contributed by atoms with Gasteiger partial charge in [0.25, 0.3) is 0 Å². The molecule has 2 aromatic heterocycles. The van der Waals surface area contributed by atoms with Crippen LogP contribution in [0.25, 0.3) is 0 Å². The van der Waals surface area contributed by atoms with Crippen molar-refractivity contribution in [3.8, 4) is 0 Å². The zero-order valence-electron chi connectivity index (χ0n) is 11.8. The lowest BCUT2D eigenvalue weighted by Gasteiger charge is -2.25. The number of nitrogens with one attached hydrogen (secondary N) is 1. The van der Waals surface area contributed by atoms with Crippen molar-refractivity contribution in [1.82, 2.24) is 15.2 Å². The molecule has 0 saturated heterocycles. The third kappa shape index (κ3) is 2.62. The van der Waals surface area contributed by atoms with Crippen molar-refractivity contribution in [3.63, 3.8) is 0 Å². The lowest BCUT2D eigenvalue weighted by molar-refractivity contribution is 0.0696. The molecule has 106 valence electrons. The summed E-state index contributed by atoms with van der Waals surface area (Å²) < 4.78 is 0. The van der Waals surface area contributed by atoms with Gasteiger partial charge in [-0.1, -0.05) is 0 Å². The van der Waals surface area contributed by atoms with Crippen LogP contribution < -0.4 is 5.32 Å². The minimum Gasteiger partial charge on any atom is -0.478 e. The molecule has 0 aliphatic heterocycles. The Morgan fingerprint density at radius 3 is 2.60 bits per heavy atom. The summed E-state index contributed by atoms with van der Waals surface area (Å²) in [6.45, 7) is 7.32. The predicted octanol–water partition coefficient (Wildman–Crippen LogP) is 2.60. The van der Waals surface area contributed by atoms with Gasteiger partial charge < -0.3 is 10.4 Å². The molecule has 0 atom stereocenters. The lowest BCUT2D eigenvalue weighted by atomic mass is 10.0. The highest BCUT2D eigenvalue weighted by Gasteiger charge is 2.27. The Morgan fingerprint density at radius 2 is 2.05 bits per heavy atom. The van der Waals surface area contributed by atoms with Gasteiger partial charge in [-0.15, -0.1) is 16.4 Å². The molecule has 0 radical (unpaired) electrons. The molecule has 0 amide bonds. The summed E-state index contributed by atoms with van der Waals surface area (Å²) in [5, 5.41) is 23.2. The average molecular weight is 292 g/mol. The molecule has 0 fully saturated rings. The number of anilines is 1. The maximum absolute atomic E-state index is 11.4. The van der Waals surface area contributed by atoms with E-state index < -0.39 is 11.5 Å². The van der Waals surface area contributed by atoms with Crippen LogP contribution in [-0.2, 0) is 5.54 Å². The second kappa shape index (κ2) is 5.16. The number of aryl methyl sites for hydroxylation is 1. The number of thiazole rings is 1. The van der Waals surface area contributed by atoms with E-state index in [1.165, 1.54) is 11.3 Å². The smallest absolute Gasteiger partial charge is 0.339 e. The van der Waals surface area contributed by atoms with Crippen molar-refractivity contribution >= 4 is 23.1 Å². The van der Waals surface area contributed by atoms with Gasteiger partial charge in [-0.05, 0) is 33.3 Å². The van der Waals surface area contributed by atoms with E-state index in [2.05, 4.69) is 20.5 Å². The number of hydrogen-bond acceptors (Lipinski definition) is 6. The SMILES string of the molecule is Cc1nnc(NC(C)(C)c2nccs2)c(C(=O)O)c1C. The summed E-state index contributed by atoms with van der Waals surface area (Å²) in [6, 6.07) is 0. The Kier molecular flexibility index (Phi) is 3.71. The van der Waals surface area contributed by atoms with E-state index in [1.807, 2.05) is 19.2 Å². The van der Waals surface area contributed by atoms with Gasteiger partial charge >= 0.3 is 5.97 Å². The average Bonchev–Trinajstić information content (AvgIpc) is 2.87. The van der Waals surface area contributed by atoms with Crippen LogP contribution in [0.1, 0.15) is 40.5 Å². The topological polar surface area (TPSA) is 88.0 Å². The van der Waals surface area contributed by atoms with E-state index in [9.17, 15) is 9.90 Å². The van der Waals surface area contributed by atoms with Gasteiger partial charge in [-0.2, -0.15) is 5.10 Å². The van der Waals surface area contributed by atoms with E-state index in [0.29, 0.717) is 11.3 Å². The number of aromatic nitrogens is 3. The van der Waals surface area contributed by atoms with Crippen LogP contribution in [0, 0.1) is 13.8 Å². The van der Waals surface area contributed by atoms with Gasteiger partial charge in [0.15, 0.2) is 5.82 Å². The first-order valence-corrected chi connectivity index (χ1v) is 6.96. The van der Waals surface area contributed by atoms with Crippen LogP contribution in [0.4, 0.5) is 5.82 Å². The highest BCUT2D eigenvalue weighted by atomic mass is 32.1. The van der Waals surface area contributed by atoms with Gasteiger partial charge in [0.05, 0.1) is 11.2 Å². The van der Waals surface area contributed by atoms with Crippen LogP contribution in [0.15, 0.2) is 11.6 Å². The second-order valence-corrected chi connectivity index (χ2v) is 5.92. The molecule has 6 nitrogen and oxygen atoms in total. The minimum atomic E-state index is -1.02. The molecule has 20 heavy (non-hydrogen) atoms. The van der Waals surface area contributed by atoms with Crippen LogP contribution in [0.3, 0.4) is 0 Å². The number of hydrogen-bond donors (Lipinski definition) is 2.